The first-order chi connectivity index (χ1) is 12.1. The Morgan fingerprint density at radius 3 is 2.80 bits per heavy atom. The molecule has 0 bridgehead atoms. The Labute approximate surface area is 147 Å². The van der Waals surface area contributed by atoms with Crippen molar-refractivity contribution in [1.29, 1.82) is 0 Å². The molecule has 1 aromatic carbocycles. The second kappa shape index (κ2) is 5.23. The molecule has 25 heavy (non-hydrogen) atoms. The molecular formula is C17H15ClN4O3. The Bertz CT molecular complexity index is 994. The molecule has 2 aliphatic rings. The fourth-order valence-corrected chi connectivity index (χ4v) is 3.70. The molecule has 1 N–H and O–H groups in total. The Hall–Kier alpha value is -2.54. The van der Waals surface area contributed by atoms with E-state index in [1.54, 1.807) is 11.0 Å². The molecule has 1 saturated heterocycles. The summed E-state index contributed by atoms with van der Waals surface area (Å²) < 4.78 is 5.94. The van der Waals surface area contributed by atoms with Crippen molar-refractivity contribution in [3.63, 3.8) is 0 Å². The van der Waals surface area contributed by atoms with E-state index < -0.39 is 6.09 Å². The minimum atomic E-state index is -0.835. The topological polar surface area (TPSA) is 82.7 Å². The van der Waals surface area contributed by atoms with E-state index in [1.807, 2.05) is 17.0 Å². The van der Waals surface area contributed by atoms with Crippen LogP contribution in [0, 0.1) is 0 Å². The van der Waals surface area contributed by atoms with Gasteiger partial charge in [0.1, 0.15) is 17.4 Å². The summed E-state index contributed by atoms with van der Waals surface area (Å²) in [6, 6.07) is 5.62. The second-order valence-corrected chi connectivity index (χ2v) is 7.03. The maximum absolute atomic E-state index is 11.5. The second-order valence-electron chi connectivity index (χ2n) is 6.60. The van der Waals surface area contributed by atoms with E-state index in [9.17, 15) is 9.90 Å². The Morgan fingerprint density at radius 1 is 1.28 bits per heavy atom. The fraction of sp³-hybridized carbons (Fsp3) is 0.353. The highest BCUT2D eigenvalue weighted by atomic mass is 35.5. The third-order valence-corrected chi connectivity index (χ3v) is 5.15. The number of fused-ring (bicyclic) bond motifs is 3. The third-order valence-electron chi connectivity index (χ3n) is 4.91. The van der Waals surface area contributed by atoms with Crippen LogP contribution in [-0.2, 0) is 0 Å². The van der Waals surface area contributed by atoms with Crippen LogP contribution in [0.2, 0.25) is 5.02 Å². The van der Waals surface area contributed by atoms with Gasteiger partial charge in [0.2, 0.25) is 0 Å². The molecule has 1 amide bonds. The van der Waals surface area contributed by atoms with Crippen molar-refractivity contribution in [1.82, 2.24) is 14.9 Å². The van der Waals surface area contributed by atoms with Gasteiger partial charge in [0.25, 0.3) is 0 Å². The van der Waals surface area contributed by atoms with Crippen molar-refractivity contribution < 1.29 is 14.3 Å². The van der Waals surface area contributed by atoms with Gasteiger partial charge < -0.3 is 14.4 Å². The largest absolute Gasteiger partial charge is 0.465 e. The van der Waals surface area contributed by atoms with Crippen molar-refractivity contribution in [3.8, 4) is 0 Å². The highest BCUT2D eigenvalue weighted by Gasteiger charge is 2.43. The number of halogens is 1. The number of aromatic nitrogens is 2. The summed E-state index contributed by atoms with van der Waals surface area (Å²) in [7, 11) is 0. The van der Waals surface area contributed by atoms with Gasteiger partial charge in [-0.1, -0.05) is 11.6 Å². The van der Waals surface area contributed by atoms with E-state index in [0.717, 1.165) is 23.7 Å². The fourth-order valence-electron chi connectivity index (χ4n) is 3.53. The van der Waals surface area contributed by atoms with E-state index >= 15 is 0 Å². The molecule has 0 unspecified atom stereocenters. The molecular weight excluding hydrogens is 344 g/mol. The molecule has 128 valence electrons. The summed E-state index contributed by atoms with van der Waals surface area (Å²) in [5, 5.41) is 10.9. The lowest BCUT2D eigenvalue weighted by Gasteiger charge is -2.44. The van der Waals surface area contributed by atoms with Crippen LogP contribution in [0.4, 0.5) is 10.6 Å². The highest BCUT2D eigenvalue weighted by molar-refractivity contribution is 6.31. The first-order valence-corrected chi connectivity index (χ1v) is 8.58. The van der Waals surface area contributed by atoms with Crippen molar-refractivity contribution in [3.05, 3.63) is 29.5 Å². The zero-order chi connectivity index (χ0) is 17.1. The summed E-state index contributed by atoms with van der Waals surface area (Å²) in [4.78, 5) is 23.8. The van der Waals surface area contributed by atoms with E-state index in [2.05, 4.69) is 9.97 Å². The van der Waals surface area contributed by atoms with Crippen molar-refractivity contribution in [2.75, 3.05) is 18.0 Å². The maximum Gasteiger partial charge on any atom is 0.407 e. The van der Waals surface area contributed by atoms with Gasteiger partial charge in [-0.3, -0.25) is 4.90 Å². The van der Waals surface area contributed by atoms with Crippen LogP contribution in [0.1, 0.15) is 12.8 Å². The van der Waals surface area contributed by atoms with Gasteiger partial charge >= 0.3 is 6.09 Å². The lowest BCUT2D eigenvalue weighted by molar-refractivity contribution is 0.110. The number of rotatable bonds is 3. The van der Waals surface area contributed by atoms with Crippen LogP contribution in [0.25, 0.3) is 22.1 Å². The van der Waals surface area contributed by atoms with Crippen molar-refractivity contribution in [2.45, 2.75) is 24.9 Å². The van der Waals surface area contributed by atoms with Gasteiger partial charge in [-0.05, 0) is 31.0 Å². The number of furan rings is 1. The van der Waals surface area contributed by atoms with Crippen LogP contribution in [-0.4, -0.2) is 51.2 Å². The van der Waals surface area contributed by atoms with Gasteiger partial charge in [0.05, 0.1) is 6.04 Å². The first-order valence-electron chi connectivity index (χ1n) is 8.21. The SMILES string of the molecule is O=C(O)N(C1CC1)C1CN(c2ncnc3c2oc2ccc(Cl)cc23)C1. The quantitative estimate of drug-likeness (QED) is 0.773. The van der Waals surface area contributed by atoms with Crippen molar-refractivity contribution in [2.24, 2.45) is 0 Å². The maximum atomic E-state index is 11.5. The molecule has 1 saturated carbocycles. The molecule has 2 fully saturated rings. The molecule has 1 aliphatic heterocycles. The van der Waals surface area contributed by atoms with Crippen LogP contribution < -0.4 is 4.90 Å². The molecule has 5 rings (SSSR count). The molecule has 3 heterocycles. The standard InChI is InChI=1S/C17H15ClN4O3/c18-9-1-4-13-12(5-9)14-15(25-13)16(20-8-19-14)21-6-11(7-21)22(17(23)24)10-2-3-10/h1,4-5,8,10-11H,2-3,6-7H2,(H,23,24). The third kappa shape index (κ3) is 2.30. The number of hydrogen-bond donors (Lipinski definition) is 1. The predicted molar refractivity (Wildman–Crippen MR) is 93.2 cm³/mol. The Balaban J connectivity index is 1.48. The summed E-state index contributed by atoms with van der Waals surface area (Å²) in [6.45, 7) is 1.24. The Morgan fingerprint density at radius 2 is 2.08 bits per heavy atom. The van der Waals surface area contributed by atoms with E-state index in [4.69, 9.17) is 16.0 Å². The molecule has 0 atom stereocenters. The number of carboxylic acid groups (broad SMARTS) is 1. The van der Waals surface area contributed by atoms with Crippen molar-refractivity contribution >= 4 is 45.6 Å². The number of hydrogen-bond acceptors (Lipinski definition) is 5. The van der Waals surface area contributed by atoms with Crippen LogP contribution in [0.15, 0.2) is 28.9 Å². The average Bonchev–Trinajstić information content (AvgIpc) is 3.30. The summed E-state index contributed by atoms with van der Waals surface area (Å²) in [6.07, 6.45) is 2.60. The normalized spacial score (nSPS) is 17.9. The smallest absolute Gasteiger partial charge is 0.407 e. The number of amides is 1. The van der Waals surface area contributed by atoms with E-state index in [1.165, 1.54) is 6.33 Å². The summed E-state index contributed by atoms with van der Waals surface area (Å²) >= 11 is 6.08. The summed E-state index contributed by atoms with van der Waals surface area (Å²) in [5.41, 5.74) is 2.05. The Kier molecular flexibility index (Phi) is 3.09. The average molecular weight is 359 g/mol. The van der Waals surface area contributed by atoms with Gasteiger partial charge in [-0.2, -0.15) is 0 Å². The lowest BCUT2D eigenvalue weighted by atomic mass is 10.1. The van der Waals surface area contributed by atoms with Crippen LogP contribution in [0.3, 0.4) is 0 Å². The minimum Gasteiger partial charge on any atom is -0.465 e. The molecule has 0 radical (unpaired) electrons. The van der Waals surface area contributed by atoms with Crippen LogP contribution in [0.5, 0.6) is 0 Å². The van der Waals surface area contributed by atoms with Crippen LogP contribution >= 0.6 is 11.6 Å². The van der Waals surface area contributed by atoms with Gasteiger partial charge in [-0.25, -0.2) is 14.8 Å². The number of carbonyl (C=O) groups is 1. The summed E-state index contributed by atoms with van der Waals surface area (Å²) in [5.74, 6) is 0.703. The molecule has 7 nitrogen and oxygen atoms in total. The molecule has 8 heteroatoms. The zero-order valence-electron chi connectivity index (χ0n) is 13.2. The van der Waals surface area contributed by atoms with E-state index in [0.29, 0.717) is 35.1 Å². The number of anilines is 1. The van der Waals surface area contributed by atoms with E-state index in [-0.39, 0.29) is 12.1 Å². The minimum absolute atomic E-state index is 0.00818. The lowest BCUT2D eigenvalue weighted by Crippen LogP contribution is -2.61. The number of benzene rings is 1. The van der Waals surface area contributed by atoms with Gasteiger partial charge in [-0.15, -0.1) is 0 Å². The monoisotopic (exact) mass is 358 g/mol. The van der Waals surface area contributed by atoms with Gasteiger partial charge in [0.15, 0.2) is 11.4 Å². The zero-order valence-corrected chi connectivity index (χ0v) is 14.0. The highest BCUT2D eigenvalue weighted by Crippen LogP contribution is 2.37. The van der Waals surface area contributed by atoms with Gasteiger partial charge in [0, 0.05) is 29.5 Å². The molecule has 0 spiro atoms. The predicted octanol–water partition coefficient (Wildman–Crippen LogP) is 3.36. The number of nitrogens with zero attached hydrogens (tertiary/aromatic N) is 4. The first kappa shape index (κ1) is 14.8. The molecule has 2 aromatic heterocycles. The molecule has 3 aromatic rings. The molecule has 1 aliphatic carbocycles.